The molecule has 3 aromatic carbocycles. The number of amides is 2. The molecule has 0 atom stereocenters. The van der Waals surface area contributed by atoms with Crippen molar-refractivity contribution in [3.8, 4) is 11.1 Å². The minimum absolute atomic E-state index is 0.162. The van der Waals surface area contributed by atoms with Crippen molar-refractivity contribution in [3.63, 3.8) is 0 Å². The largest absolute Gasteiger partial charge is 0.350 e. The first-order valence-electron chi connectivity index (χ1n) is 9.83. The monoisotopic (exact) mass is 413 g/mol. The van der Waals surface area contributed by atoms with Crippen LogP contribution in [-0.4, -0.2) is 23.3 Å². The number of halogens is 1. The predicted molar refractivity (Wildman–Crippen MR) is 118 cm³/mol. The van der Waals surface area contributed by atoms with Crippen LogP contribution in [0.5, 0.6) is 0 Å². The molecule has 4 aromatic rings. The first-order valence-corrected chi connectivity index (χ1v) is 9.83. The Morgan fingerprint density at radius 2 is 1.65 bits per heavy atom. The van der Waals surface area contributed by atoms with Crippen molar-refractivity contribution in [2.75, 3.05) is 6.54 Å². The summed E-state index contributed by atoms with van der Waals surface area (Å²) in [5.41, 5.74) is 3.94. The molecule has 2 N–H and O–H groups in total. The van der Waals surface area contributed by atoms with Gasteiger partial charge in [-0.2, -0.15) is 0 Å². The zero-order chi connectivity index (χ0) is 21.6. The molecule has 0 aliphatic carbocycles. The molecule has 0 aliphatic rings. The number of hydrogen-bond donors (Lipinski definition) is 2. The molecule has 0 saturated carbocycles. The summed E-state index contributed by atoms with van der Waals surface area (Å²) in [5.74, 6) is -1.05. The van der Waals surface area contributed by atoms with Crippen molar-refractivity contribution in [3.05, 3.63) is 102 Å². The lowest BCUT2D eigenvalue weighted by Gasteiger charge is -2.08. The van der Waals surface area contributed by atoms with Crippen molar-refractivity contribution in [2.45, 2.75) is 6.54 Å². The maximum atomic E-state index is 13.2. The second kappa shape index (κ2) is 9.17. The average molecular weight is 413 g/mol. The van der Waals surface area contributed by atoms with Crippen LogP contribution in [0.4, 0.5) is 4.39 Å². The lowest BCUT2D eigenvalue weighted by molar-refractivity contribution is -0.120. The summed E-state index contributed by atoms with van der Waals surface area (Å²) in [6.45, 7) is 0.0332. The van der Waals surface area contributed by atoms with E-state index in [0.717, 1.165) is 22.0 Å². The van der Waals surface area contributed by atoms with Gasteiger partial charge in [0.2, 0.25) is 5.91 Å². The zero-order valence-corrected chi connectivity index (χ0v) is 16.6. The average Bonchev–Trinajstić information content (AvgIpc) is 2.81. The van der Waals surface area contributed by atoms with E-state index in [0.29, 0.717) is 11.1 Å². The van der Waals surface area contributed by atoms with E-state index in [9.17, 15) is 14.0 Å². The number of nitrogens with zero attached hydrogens (tertiary/aromatic N) is 1. The molecule has 0 radical (unpaired) electrons. The molecule has 0 saturated heterocycles. The topological polar surface area (TPSA) is 71.1 Å². The number of hydrogen-bond acceptors (Lipinski definition) is 3. The lowest BCUT2D eigenvalue weighted by Crippen LogP contribution is -2.36. The van der Waals surface area contributed by atoms with Gasteiger partial charge >= 0.3 is 0 Å². The minimum atomic E-state index is -0.358. The van der Waals surface area contributed by atoms with Crippen LogP contribution >= 0.6 is 0 Å². The number of pyridine rings is 1. The second-order valence-corrected chi connectivity index (χ2v) is 7.08. The minimum Gasteiger partial charge on any atom is -0.350 e. The third-order valence-corrected chi connectivity index (χ3v) is 4.86. The van der Waals surface area contributed by atoms with E-state index in [1.807, 2.05) is 36.4 Å². The van der Waals surface area contributed by atoms with E-state index in [1.165, 1.54) is 12.1 Å². The highest BCUT2D eigenvalue weighted by molar-refractivity contribution is 5.97. The Morgan fingerprint density at radius 1 is 0.839 bits per heavy atom. The van der Waals surface area contributed by atoms with E-state index < -0.39 is 0 Å². The summed E-state index contributed by atoms with van der Waals surface area (Å²) >= 11 is 0. The quantitative estimate of drug-likeness (QED) is 0.500. The van der Waals surface area contributed by atoms with Gasteiger partial charge in [0, 0.05) is 29.3 Å². The molecule has 0 unspecified atom stereocenters. The summed E-state index contributed by atoms with van der Waals surface area (Å²) < 4.78 is 13.2. The van der Waals surface area contributed by atoms with Crippen molar-refractivity contribution in [1.82, 2.24) is 15.6 Å². The Labute approximate surface area is 178 Å². The molecule has 154 valence electrons. The molecular formula is C25H20FN3O2. The highest BCUT2D eigenvalue weighted by atomic mass is 19.1. The van der Waals surface area contributed by atoms with Gasteiger partial charge in [0.15, 0.2) is 0 Å². The number of fused-ring (bicyclic) bond motifs is 1. The molecule has 5 nitrogen and oxygen atoms in total. The van der Waals surface area contributed by atoms with E-state index in [1.54, 1.807) is 30.5 Å². The number of aromatic nitrogens is 1. The predicted octanol–water partition coefficient (Wildman–Crippen LogP) is 4.09. The summed E-state index contributed by atoms with van der Waals surface area (Å²) in [7, 11) is 0. The van der Waals surface area contributed by atoms with Crippen molar-refractivity contribution in [1.29, 1.82) is 0 Å². The first kappa shape index (κ1) is 20.2. The van der Waals surface area contributed by atoms with E-state index in [-0.39, 0.29) is 30.7 Å². The van der Waals surface area contributed by atoms with Crippen LogP contribution in [0.25, 0.3) is 22.0 Å². The Hall–Kier alpha value is -4.06. The fourth-order valence-electron chi connectivity index (χ4n) is 3.22. The summed E-state index contributed by atoms with van der Waals surface area (Å²) in [4.78, 5) is 28.8. The molecule has 0 fully saturated rings. The van der Waals surface area contributed by atoms with Gasteiger partial charge in [-0.15, -0.1) is 0 Å². The van der Waals surface area contributed by atoms with Crippen molar-refractivity contribution >= 4 is 22.7 Å². The van der Waals surface area contributed by atoms with Crippen LogP contribution in [0.2, 0.25) is 0 Å². The van der Waals surface area contributed by atoms with E-state index >= 15 is 0 Å². The fraction of sp³-hybridized carbons (Fsp3) is 0.0800. The maximum absolute atomic E-state index is 13.2. The molecular weight excluding hydrogens is 393 g/mol. The molecule has 2 amide bonds. The highest BCUT2D eigenvalue weighted by Crippen LogP contribution is 2.23. The van der Waals surface area contributed by atoms with Gasteiger partial charge in [-0.05, 0) is 47.5 Å². The second-order valence-electron chi connectivity index (χ2n) is 7.08. The Bertz CT molecular complexity index is 1240. The molecule has 0 aliphatic heterocycles. The normalized spacial score (nSPS) is 10.6. The van der Waals surface area contributed by atoms with Crippen LogP contribution < -0.4 is 10.6 Å². The Kier molecular flexibility index (Phi) is 5.98. The van der Waals surface area contributed by atoms with Crippen LogP contribution in [0.15, 0.2) is 85.1 Å². The molecule has 4 rings (SSSR count). The fourth-order valence-corrected chi connectivity index (χ4v) is 3.22. The van der Waals surface area contributed by atoms with Crippen LogP contribution in [-0.2, 0) is 11.3 Å². The van der Waals surface area contributed by atoms with Gasteiger partial charge in [0.05, 0.1) is 12.1 Å². The molecule has 31 heavy (non-hydrogen) atoms. The third kappa shape index (κ3) is 5.11. The standard InChI is InChI=1S/C25H20FN3O2/c26-22-6-3-4-17(12-22)14-28-24(30)16-29-25(31)19-10-8-18(9-11-19)21-13-20-5-1-2-7-23(20)27-15-21/h1-13,15H,14,16H2,(H,28,30)(H,29,31). The molecule has 1 heterocycles. The van der Waals surface area contributed by atoms with Gasteiger partial charge in [-0.3, -0.25) is 14.6 Å². The van der Waals surface area contributed by atoms with Crippen LogP contribution in [0.1, 0.15) is 15.9 Å². The van der Waals surface area contributed by atoms with E-state index in [2.05, 4.69) is 21.7 Å². The zero-order valence-electron chi connectivity index (χ0n) is 16.6. The summed E-state index contributed by atoms with van der Waals surface area (Å²) in [5, 5.41) is 6.29. The number of nitrogens with one attached hydrogen (secondary N) is 2. The van der Waals surface area contributed by atoms with Gasteiger partial charge < -0.3 is 10.6 Å². The van der Waals surface area contributed by atoms with Gasteiger partial charge in [-0.1, -0.05) is 42.5 Å². The number of benzene rings is 3. The molecule has 0 bridgehead atoms. The third-order valence-electron chi connectivity index (χ3n) is 4.86. The Morgan fingerprint density at radius 3 is 2.45 bits per heavy atom. The number of para-hydroxylation sites is 1. The number of rotatable bonds is 6. The Balaban J connectivity index is 1.33. The van der Waals surface area contributed by atoms with Crippen molar-refractivity contribution in [2.24, 2.45) is 0 Å². The molecule has 6 heteroatoms. The maximum Gasteiger partial charge on any atom is 0.251 e. The van der Waals surface area contributed by atoms with E-state index in [4.69, 9.17) is 0 Å². The smallest absolute Gasteiger partial charge is 0.251 e. The first-order chi connectivity index (χ1) is 15.1. The molecule has 0 spiro atoms. The molecule has 1 aromatic heterocycles. The van der Waals surface area contributed by atoms with Crippen molar-refractivity contribution < 1.29 is 14.0 Å². The lowest BCUT2D eigenvalue weighted by atomic mass is 10.0. The SMILES string of the molecule is O=C(CNC(=O)c1ccc(-c2cnc3ccccc3c2)cc1)NCc1cccc(F)c1. The van der Waals surface area contributed by atoms with Crippen LogP contribution in [0, 0.1) is 5.82 Å². The summed E-state index contributed by atoms with van der Waals surface area (Å²) in [6.07, 6.45) is 1.81. The highest BCUT2D eigenvalue weighted by Gasteiger charge is 2.09. The van der Waals surface area contributed by atoms with Gasteiger partial charge in [0.25, 0.3) is 5.91 Å². The van der Waals surface area contributed by atoms with Crippen LogP contribution in [0.3, 0.4) is 0 Å². The van der Waals surface area contributed by atoms with Gasteiger partial charge in [0.1, 0.15) is 5.82 Å². The number of carbonyl (C=O) groups excluding carboxylic acids is 2. The summed E-state index contributed by atoms with van der Waals surface area (Å²) in [6, 6.07) is 23.1. The van der Waals surface area contributed by atoms with Gasteiger partial charge in [-0.25, -0.2) is 4.39 Å². The number of carbonyl (C=O) groups is 2.